The molecule has 0 atom stereocenters. The van der Waals surface area contributed by atoms with Crippen molar-refractivity contribution in [2.45, 2.75) is 54.4 Å². The number of aromatic nitrogens is 3. The number of thiazole rings is 1. The van der Waals surface area contributed by atoms with Crippen LogP contribution in [0.4, 0.5) is 0 Å². The van der Waals surface area contributed by atoms with Gasteiger partial charge < -0.3 is 4.57 Å². The Kier molecular flexibility index (Phi) is 6.14. The summed E-state index contributed by atoms with van der Waals surface area (Å²) >= 11 is 1.67. The van der Waals surface area contributed by atoms with E-state index >= 15 is 0 Å². The van der Waals surface area contributed by atoms with Gasteiger partial charge in [0.15, 0.2) is 0 Å². The summed E-state index contributed by atoms with van der Waals surface area (Å²) in [6.07, 6.45) is 6.05. The first kappa shape index (κ1) is 17.9. The molecule has 4 heteroatoms. The van der Waals surface area contributed by atoms with Gasteiger partial charge in [0.1, 0.15) is 0 Å². The number of aryl methyl sites for hydroxylation is 1. The number of imidazole rings is 1. The van der Waals surface area contributed by atoms with Crippen molar-refractivity contribution in [3.8, 4) is 0 Å². The number of rotatable bonds is 2. The second-order valence-electron chi connectivity index (χ2n) is 7.99. The summed E-state index contributed by atoms with van der Waals surface area (Å²) in [5.74, 6) is 0. The summed E-state index contributed by atoms with van der Waals surface area (Å²) in [5, 5.41) is 2.12. The lowest BCUT2D eigenvalue weighted by molar-refractivity contribution is 0.406. The number of hydrogen-bond acceptors (Lipinski definition) is 3. The third kappa shape index (κ3) is 8.66. The van der Waals surface area contributed by atoms with Crippen molar-refractivity contribution in [1.29, 1.82) is 0 Å². The van der Waals surface area contributed by atoms with Crippen molar-refractivity contribution in [2.24, 2.45) is 17.9 Å². The van der Waals surface area contributed by atoms with E-state index in [1.165, 1.54) is 11.4 Å². The van der Waals surface area contributed by atoms with E-state index in [9.17, 15) is 0 Å². The molecule has 3 nitrogen and oxygen atoms in total. The van der Waals surface area contributed by atoms with Crippen LogP contribution in [0.2, 0.25) is 0 Å². The van der Waals surface area contributed by atoms with Crippen molar-refractivity contribution in [3.05, 3.63) is 34.8 Å². The van der Waals surface area contributed by atoms with Crippen LogP contribution in [0.15, 0.2) is 23.4 Å². The normalized spacial score (nSPS) is 12.0. The van der Waals surface area contributed by atoms with E-state index in [-0.39, 0.29) is 0 Å². The molecule has 0 unspecified atom stereocenters. The average Bonchev–Trinajstić information content (AvgIpc) is 2.87. The van der Waals surface area contributed by atoms with Gasteiger partial charge in [-0.3, -0.25) is 0 Å². The maximum atomic E-state index is 4.26. The third-order valence-corrected chi connectivity index (χ3v) is 3.30. The van der Waals surface area contributed by atoms with E-state index in [4.69, 9.17) is 0 Å². The molecular weight excluding hydrogens is 278 g/mol. The largest absolute Gasteiger partial charge is 0.340 e. The Morgan fingerprint density at radius 2 is 1.52 bits per heavy atom. The number of hydrogen-bond donors (Lipinski definition) is 0. The predicted molar refractivity (Wildman–Crippen MR) is 91.6 cm³/mol. The smallest absolute Gasteiger partial charge is 0.0946 e. The van der Waals surface area contributed by atoms with Crippen LogP contribution in [0.1, 0.15) is 52.9 Å². The Morgan fingerprint density at radius 3 is 1.90 bits per heavy atom. The van der Waals surface area contributed by atoms with E-state index in [0.717, 1.165) is 12.8 Å². The Balaban J connectivity index is 0.000000211. The zero-order valence-electron chi connectivity index (χ0n) is 14.5. The van der Waals surface area contributed by atoms with Gasteiger partial charge in [-0.05, 0) is 23.7 Å². The van der Waals surface area contributed by atoms with Gasteiger partial charge in [-0.15, -0.1) is 11.3 Å². The maximum Gasteiger partial charge on any atom is 0.0946 e. The lowest BCUT2D eigenvalue weighted by Crippen LogP contribution is -2.09. The lowest BCUT2D eigenvalue weighted by atomic mass is 9.91. The molecule has 0 amide bonds. The van der Waals surface area contributed by atoms with Gasteiger partial charge in [0.25, 0.3) is 0 Å². The highest BCUT2D eigenvalue weighted by atomic mass is 32.1. The summed E-state index contributed by atoms with van der Waals surface area (Å²) in [4.78, 5) is 8.48. The number of nitrogens with zero attached hydrogens (tertiary/aromatic N) is 3. The minimum Gasteiger partial charge on any atom is -0.340 e. The summed E-state index contributed by atoms with van der Waals surface area (Å²) < 4.78 is 1.99. The molecule has 0 saturated carbocycles. The van der Waals surface area contributed by atoms with E-state index < -0.39 is 0 Å². The molecular formula is C17H29N3S. The van der Waals surface area contributed by atoms with E-state index in [1.807, 2.05) is 23.5 Å². The quantitative estimate of drug-likeness (QED) is 0.802. The Morgan fingerprint density at radius 1 is 0.952 bits per heavy atom. The van der Waals surface area contributed by atoms with Gasteiger partial charge in [0.05, 0.1) is 23.2 Å². The van der Waals surface area contributed by atoms with Gasteiger partial charge in [-0.2, -0.15) is 0 Å². The fourth-order valence-corrected chi connectivity index (χ4v) is 2.53. The van der Waals surface area contributed by atoms with Crippen LogP contribution in [-0.4, -0.2) is 14.5 Å². The van der Waals surface area contributed by atoms with Gasteiger partial charge in [-0.1, -0.05) is 41.5 Å². The molecule has 0 fully saturated rings. The van der Waals surface area contributed by atoms with Crippen molar-refractivity contribution in [2.75, 3.05) is 0 Å². The highest BCUT2D eigenvalue weighted by molar-refractivity contribution is 7.07. The predicted octanol–water partition coefficient (Wildman–Crippen LogP) is 4.74. The van der Waals surface area contributed by atoms with Crippen molar-refractivity contribution < 1.29 is 0 Å². The molecule has 0 aliphatic rings. The van der Waals surface area contributed by atoms with Gasteiger partial charge >= 0.3 is 0 Å². The lowest BCUT2D eigenvalue weighted by Gasteiger charge is -2.15. The molecule has 21 heavy (non-hydrogen) atoms. The Bertz CT molecular complexity index is 513. The molecule has 0 spiro atoms. The second kappa shape index (κ2) is 7.21. The summed E-state index contributed by atoms with van der Waals surface area (Å²) in [5.41, 5.74) is 5.00. The summed E-state index contributed by atoms with van der Waals surface area (Å²) in [6.45, 7) is 13.4. The van der Waals surface area contributed by atoms with Gasteiger partial charge in [-0.25, -0.2) is 9.97 Å². The Hall–Kier alpha value is -1.16. The molecule has 0 radical (unpaired) electrons. The van der Waals surface area contributed by atoms with Crippen LogP contribution in [0, 0.1) is 10.8 Å². The first-order valence-corrected chi connectivity index (χ1v) is 8.33. The first-order chi connectivity index (χ1) is 9.55. The fraction of sp³-hybridized carbons (Fsp3) is 0.647. The van der Waals surface area contributed by atoms with Gasteiger partial charge in [0.2, 0.25) is 0 Å². The minimum absolute atomic E-state index is 0.342. The zero-order valence-corrected chi connectivity index (χ0v) is 15.3. The zero-order chi connectivity index (χ0) is 16.1. The molecule has 2 rings (SSSR count). The SMILES string of the molecule is CC(C)(C)Cc1cscn1.Cn1cnc(CC(C)(C)C)c1. The monoisotopic (exact) mass is 307 g/mol. The highest BCUT2D eigenvalue weighted by Crippen LogP contribution is 2.20. The van der Waals surface area contributed by atoms with Crippen LogP contribution in [-0.2, 0) is 19.9 Å². The van der Waals surface area contributed by atoms with Crippen LogP contribution < -0.4 is 0 Å². The molecule has 0 bridgehead atoms. The van der Waals surface area contributed by atoms with Gasteiger partial charge in [0, 0.05) is 18.6 Å². The van der Waals surface area contributed by atoms with Crippen molar-refractivity contribution >= 4 is 11.3 Å². The topological polar surface area (TPSA) is 30.7 Å². The minimum atomic E-state index is 0.342. The molecule has 2 aromatic rings. The molecule has 0 aliphatic heterocycles. The molecule has 2 heterocycles. The van der Waals surface area contributed by atoms with Crippen LogP contribution in [0.3, 0.4) is 0 Å². The highest BCUT2D eigenvalue weighted by Gasteiger charge is 2.12. The van der Waals surface area contributed by atoms with E-state index in [1.54, 1.807) is 11.3 Å². The molecule has 118 valence electrons. The van der Waals surface area contributed by atoms with Crippen LogP contribution >= 0.6 is 11.3 Å². The van der Waals surface area contributed by atoms with Crippen molar-refractivity contribution in [3.63, 3.8) is 0 Å². The maximum absolute atomic E-state index is 4.26. The molecule has 0 aromatic carbocycles. The van der Waals surface area contributed by atoms with Crippen LogP contribution in [0.5, 0.6) is 0 Å². The average molecular weight is 308 g/mol. The molecule has 2 aromatic heterocycles. The van der Waals surface area contributed by atoms with E-state index in [2.05, 4.69) is 63.1 Å². The van der Waals surface area contributed by atoms with E-state index in [0.29, 0.717) is 10.8 Å². The fourth-order valence-electron chi connectivity index (χ4n) is 1.97. The molecule has 0 N–H and O–H groups in total. The van der Waals surface area contributed by atoms with Crippen molar-refractivity contribution in [1.82, 2.24) is 14.5 Å². The first-order valence-electron chi connectivity index (χ1n) is 7.39. The summed E-state index contributed by atoms with van der Waals surface area (Å²) in [7, 11) is 2.00. The standard InChI is InChI=1S/C9H16N2.C8H13NS/c1-9(2,3)5-8-6-11(4)7-10-8;1-8(2,3)4-7-5-10-6-9-7/h6-7H,5H2,1-4H3;5-6H,4H2,1-3H3. The Labute approximate surface area is 133 Å². The molecule has 0 aliphatic carbocycles. The second-order valence-corrected chi connectivity index (χ2v) is 8.70. The molecule has 0 saturated heterocycles. The summed E-state index contributed by atoms with van der Waals surface area (Å²) in [6, 6.07) is 0. The van der Waals surface area contributed by atoms with Crippen LogP contribution in [0.25, 0.3) is 0 Å². The third-order valence-electron chi connectivity index (χ3n) is 2.66.